The molecule has 1 rings (SSSR count). The van der Waals surface area contributed by atoms with Crippen molar-refractivity contribution in [1.29, 1.82) is 0 Å². The van der Waals surface area contributed by atoms with Crippen LogP contribution in [-0.2, 0) is 4.79 Å². The van der Waals surface area contributed by atoms with Crippen LogP contribution in [0, 0.1) is 5.41 Å². The van der Waals surface area contributed by atoms with Crippen molar-refractivity contribution in [2.75, 3.05) is 13.6 Å². The van der Waals surface area contributed by atoms with Crippen molar-refractivity contribution in [3.63, 3.8) is 0 Å². The smallest absolute Gasteiger partial charge is 0.212 e. The van der Waals surface area contributed by atoms with Gasteiger partial charge >= 0.3 is 0 Å². The zero-order valence-electron chi connectivity index (χ0n) is 14.2. The molecule has 0 saturated heterocycles. The van der Waals surface area contributed by atoms with Gasteiger partial charge in [0.15, 0.2) is 0 Å². The third kappa shape index (κ3) is 4.39. The minimum absolute atomic E-state index is 0.0591. The molecule has 0 fully saturated rings. The molecule has 0 heterocycles. The molecule has 0 bridgehead atoms. The summed E-state index contributed by atoms with van der Waals surface area (Å²) in [7, 11) is 1.99. The van der Waals surface area contributed by atoms with Crippen molar-refractivity contribution in [1.82, 2.24) is 10.2 Å². The van der Waals surface area contributed by atoms with Gasteiger partial charge in [0.05, 0.1) is 5.70 Å². The molecule has 1 aliphatic carbocycles. The summed E-state index contributed by atoms with van der Waals surface area (Å²) in [5, 5.41) is 3.39. The number of Topliss-reactive ketones (excluding diaryl/α,β-unsaturated/α-hetero) is 1. The minimum Gasteiger partial charge on any atom is -0.378 e. The number of hydrogen-bond acceptors (Lipinski definition) is 3. The number of carbonyl (C=O) groups is 1. The van der Waals surface area contributed by atoms with Gasteiger partial charge < -0.3 is 10.2 Å². The van der Waals surface area contributed by atoms with Crippen LogP contribution in [0.2, 0.25) is 0 Å². The van der Waals surface area contributed by atoms with E-state index in [2.05, 4.69) is 58.3 Å². The summed E-state index contributed by atoms with van der Waals surface area (Å²) in [5.74, 6) is 0.0787. The fourth-order valence-corrected chi connectivity index (χ4v) is 2.28. The Kier molecular flexibility index (Phi) is 4.73. The maximum Gasteiger partial charge on any atom is 0.212 e. The van der Waals surface area contributed by atoms with Crippen molar-refractivity contribution < 1.29 is 4.79 Å². The second-order valence-corrected chi connectivity index (χ2v) is 7.99. The first-order valence-electron chi connectivity index (χ1n) is 7.40. The number of carbonyl (C=O) groups excluding carboxylic acids is 1. The van der Waals surface area contributed by atoms with Gasteiger partial charge in [0.1, 0.15) is 5.70 Å². The Morgan fingerprint density at radius 3 is 2.15 bits per heavy atom. The maximum absolute atomic E-state index is 12.0. The molecule has 1 N–H and O–H groups in total. The quantitative estimate of drug-likeness (QED) is 0.781. The van der Waals surface area contributed by atoms with Gasteiger partial charge in [-0.1, -0.05) is 27.4 Å². The van der Waals surface area contributed by atoms with Crippen LogP contribution in [0.3, 0.4) is 0 Å². The van der Waals surface area contributed by atoms with Gasteiger partial charge in [-0.15, -0.1) is 0 Å². The molecule has 114 valence electrons. The van der Waals surface area contributed by atoms with Crippen molar-refractivity contribution in [2.45, 2.75) is 59.9 Å². The van der Waals surface area contributed by atoms with Gasteiger partial charge in [0.2, 0.25) is 5.78 Å². The van der Waals surface area contributed by atoms with Crippen molar-refractivity contribution in [3.05, 3.63) is 23.5 Å². The fourth-order valence-electron chi connectivity index (χ4n) is 2.28. The van der Waals surface area contributed by atoms with E-state index in [-0.39, 0.29) is 11.3 Å². The van der Waals surface area contributed by atoms with E-state index in [0.717, 1.165) is 30.8 Å². The van der Waals surface area contributed by atoms with E-state index in [4.69, 9.17) is 0 Å². The van der Waals surface area contributed by atoms with Gasteiger partial charge in [-0.25, -0.2) is 0 Å². The first kappa shape index (κ1) is 16.8. The van der Waals surface area contributed by atoms with Crippen LogP contribution in [0.1, 0.15) is 54.4 Å². The lowest BCUT2D eigenvalue weighted by atomic mass is 9.88. The summed E-state index contributed by atoms with van der Waals surface area (Å²) in [6.07, 6.45) is 2.24. The molecule has 0 spiro atoms. The molecule has 0 amide bonds. The van der Waals surface area contributed by atoms with E-state index >= 15 is 0 Å². The number of rotatable bonds is 5. The second kappa shape index (κ2) is 5.63. The fraction of sp³-hybridized carbons (Fsp3) is 0.706. The zero-order chi connectivity index (χ0) is 15.7. The Bertz CT molecular complexity index is 433. The third-order valence-corrected chi connectivity index (χ3v) is 3.33. The summed E-state index contributed by atoms with van der Waals surface area (Å²) in [6.45, 7) is 17.8. The molecule has 0 aromatic heterocycles. The Hall–Kier alpha value is -1.25. The average molecular weight is 278 g/mol. The number of allylic oxidation sites excluding steroid dienone is 2. The number of nitrogens with one attached hydrogen (secondary N) is 1. The molecule has 0 aliphatic heterocycles. The predicted molar refractivity (Wildman–Crippen MR) is 85.4 cm³/mol. The summed E-state index contributed by atoms with van der Waals surface area (Å²) >= 11 is 0. The van der Waals surface area contributed by atoms with E-state index in [0.29, 0.717) is 11.0 Å². The molecule has 0 aromatic carbocycles. The largest absolute Gasteiger partial charge is 0.378 e. The number of likely N-dealkylation sites (N-methyl/N-ethyl adjacent to an activating group) is 1. The number of hydrogen-bond donors (Lipinski definition) is 1. The van der Waals surface area contributed by atoms with Gasteiger partial charge in [-0.3, -0.25) is 4.79 Å². The summed E-state index contributed by atoms with van der Waals surface area (Å²) < 4.78 is 0. The highest BCUT2D eigenvalue weighted by atomic mass is 16.1. The van der Waals surface area contributed by atoms with Crippen molar-refractivity contribution in [3.8, 4) is 0 Å². The maximum atomic E-state index is 12.0. The lowest BCUT2D eigenvalue weighted by molar-refractivity contribution is -0.114. The standard InChI is InChI=1S/C17H30N2O/c1-12-13(18-17(5,6)7)14(15(12)20)19(8)11-9-10-16(2,3)4/h18H,1,9-11H2,2-8H3. The lowest BCUT2D eigenvalue weighted by Crippen LogP contribution is -2.45. The summed E-state index contributed by atoms with van der Waals surface area (Å²) in [6, 6.07) is 0. The highest BCUT2D eigenvalue weighted by molar-refractivity contribution is 6.18. The summed E-state index contributed by atoms with van der Waals surface area (Å²) in [4.78, 5) is 14.1. The highest BCUT2D eigenvalue weighted by Gasteiger charge is 2.36. The average Bonchev–Trinajstić information content (AvgIpc) is 2.24. The van der Waals surface area contributed by atoms with E-state index in [1.54, 1.807) is 0 Å². The zero-order valence-corrected chi connectivity index (χ0v) is 14.2. The lowest BCUT2D eigenvalue weighted by Gasteiger charge is -2.36. The molecule has 1 aliphatic rings. The topological polar surface area (TPSA) is 32.3 Å². The van der Waals surface area contributed by atoms with Crippen LogP contribution < -0.4 is 5.32 Å². The minimum atomic E-state index is -0.0591. The monoisotopic (exact) mass is 278 g/mol. The van der Waals surface area contributed by atoms with E-state index in [9.17, 15) is 4.79 Å². The van der Waals surface area contributed by atoms with Gasteiger partial charge in [0, 0.05) is 24.7 Å². The normalized spacial score (nSPS) is 16.4. The third-order valence-electron chi connectivity index (χ3n) is 3.33. The number of ketones is 1. The van der Waals surface area contributed by atoms with E-state index < -0.39 is 0 Å². The van der Waals surface area contributed by atoms with Gasteiger partial charge in [-0.05, 0) is 39.0 Å². The van der Waals surface area contributed by atoms with Crippen LogP contribution in [0.5, 0.6) is 0 Å². The van der Waals surface area contributed by atoms with Gasteiger partial charge in [0.25, 0.3) is 0 Å². The Balaban J connectivity index is 2.71. The first-order valence-corrected chi connectivity index (χ1v) is 7.40. The molecular weight excluding hydrogens is 248 g/mol. The molecular formula is C17H30N2O. The molecule has 0 atom stereocenters. The Morgan fingerprint density at radius 1 is 1.15 bits per heavy atom. The van der Waals surface area contributed by atoms with E-state index in [1.165, 1.54) is 0 Å². The van der Waals surface area contributed by atoms with E-state index in [1.807, 2.05) is 7.05 Å². The van der Waals surface area contributed by atoms with Gasteiger partial charge in [-0.2, -0.15) is 0 Å². The van der Waals surface area contributed by atoms with Crippen LogP contribution in [0.15, 0.2) is 23.5 Å². The number of nitrogens with zero attached hydrogens (tertiary/aromatic N) is 1. The predicted octanol–water partition coefficient (Wildman–Crippen LogP) is 3.48. The highest BCUT2D eigenvalue weighted by Crippen LogP contribution is 2.31. The van der Waals surface area contributed by atoms with Crippen LogP contribution in [0.4, 0.5) is 0 Å². The molecule has 0 aromatic rings. The molecule has 0 saturated carbocycles. The Labute approximate surface area is 124 Å². The molecule has 0 radical (unpaired) electrons. The molecule has 3 heteroatoms. The van der Waals surface area contributed by atoms with Crippen LogP contribution in [-0.4, -0.2) is 29.8 Å². The van der Waals surface area contributed by atoms with Crippen LogP contribution >= 0.6 is 0 Å². The Morgan fingerprint density at radius 2 is 1.70 bits per heavy atom. The van der Waals surface area contributed by atoms with Crippen LogP contribution in [0.25, 0.3) is 0 Å². The molecule has 0 unspecified atom stereocenters. The van der Waals surface area contributed by atoms with Crippen molar-refractivity contribution in [2.24, 2.45) is 5.41 Å². The summed E-state index contributed by atoms with van der Waals surface area (Å²) in [5.41, 5.74) is 2.60. The van der Waals surface area contributed by atoms with Crippen molar-refractivity contribution >= 4 is 5.78 Å². The first-order chi connectivity index (χ1) is 8.92. The molecule has 3 nitrogen and oxygen atoms in total. The SMILES string of the molecule is C=C1C(=O)C(N(C)CCCC(C)(C)C)=C1NC(C)(C)C. The second-order valence-electron chi connectivity index (χ2n) is 7.99. The molecule has 20 heavy (non-hydrogen) atoms.